The number of nitrogens with one attached hydrogen (secondary N) is 1. The van der Waals surface area contributed by atoms with Crippen LogP contribution in [-0.4, -0.2) is 49.6 Å². The number of hydrogen-bond acceptors (Lipinski definition) is 7. The largest absolute Gasteiger partial charge is 0.465 e. The number of carbonyl (C=O) groups excluding carboxylic acids is 3. The minimum Gasteiger partial charge on any atom is -0.465 e. The summed E-state index contributed by atoms with van der Waals surface area (Å²) in [4.78, 5) is 39.0. The molecule has 0 unspecified atom stereocenters. The summed E-state index contributed by atoms with van der Waals surface area (Å²) >= 11 is 1.65. The van der Waals surface area contributed by atoms with Crippen LogP contribution < -0.4 is 5.32 Å². The second-order valence-electron chi connectivity index (χ2n) is 6.90. The van der Waals surface area contributed by atoms with Crippen LogP contribution in [-0.2, 0) is 14.3 Å². The first-order valence-corrected chi connectivity index (χ1v) is 10.3. The number of methoxy groups -OCH3 is 2. The Balaban J connectivity index is 1.80. The molecular weight excluding hydrogens is 392 g/mol. The zero-order valence-corrected chi connectivity index (χ0v) is 17.5. The van der Waals surface area contributed by atoms with Gasteiger partial charge in [-0.2, -0.15) is 11.3 Å². The van der Waals surface area contributed by atoms with E-state index in [9.17, 15) is 14.4 Å². The molecule has 0 aliphatic carbocycles. The molecule has 1 amide bonds. The number of esters is 2. The monoisotopic (exact) mass is 416 g/mol. The number of nitrogens with zero attached hydrogens (tertiary/aromatic N) is 1. The Morgan fingerprint density at radius 2 is 1.79 bits per heavy atom. The molecule has 0 spiro atoms. The van der Waals surface area contributed by atoms with E-state index in [4.69, 9.17) is 9.47 Å². The quantitative estimate of drug-likeness (QED) is 0.726. The molecule has 1 N–H and O–H groups in total. The lowest BCUT2D eigenvalue weighted by atomic mass is 10.1. The fraction of sp³-hybridized carbons (Fsp3) is 0.381. The fourth-order valence-electron chi connectivity index (χ4n) is 3.64. The summed E-state index contributed by atoms with van der Waals surface area (Å²) in [6.07, 6.45) is 2.04. The number of rotatable bonds is 6. The third-order valence-corrected chi connectivity index (χ3v) is 5.84. The van der Waals surface area contributed by atoms with Crippen LogP contribution in [0, 0.1) is 0 Å². The molecule has 2 atom stereocenters. The van der Waals surface area contributed by atoms with Crippen LogP contribution in [0.25, 0.3) is 0 Å². The van der Waals surface area contributed by atoms with E-state index in [1.165, 1.54) is 38.0 Å². The molecule has 7 nitrogen and oxygen atoms in total. The van der Waals surface area contributed by atoms with Gasteiger partial charge < -0.3 is 14.8 Å². The number of hydrogen-bond donors (Lipinski definition) is 1. The Kier molecular flexibility index (Phi) is 6.66. The van der Waals surface area contributed by atoms with Crippen LogP contribution in [0.2, 0.25) is 0 Å². The average Bonchev–Trinajstić information content (AvgIpc) is 3.43. The number of amides is 1. The molecule has 2 heterocycles. The van der Waals surface area contributed by atoms with Gasteiger partial charge in [0.25, 0.3) is 0 Å². The van der Waals surface area contributed by atoms with Crippen molar-refractivity contribution in [1.82, 2.24) is 4.90 Å². The number of anilines is 1. The van der Waals surface area contributed by atoms with Crippen molar-refractivity contribution in [2.45, 2.75) is 31.8 Å². The van der Waals surface area contributed by atoms with Gasteiger partial charge >= 0.3 is 11.9 Å². The van der Waals surface area contributed by atoms with E-state index >= 15 is 0 Å². The zero-order chi connectivity index (χ0) is 21.0. The zero-order valence-electron chi connectivity index (χ0n) is 16.6. The maximum absolute atomic E-state index is 12.9. The first-order chi connectivity index (χ1) is 13.9. The van der Waals surface area contributed by atoms with Crippen molar-refractivity contribution in [3.8, 4) is 0 Å². The Bertz CT molecular complexity index is 862. The van der Waals surface area contributed by atoms with Gasteiger partial charge in [-0.05, 0) is 66.9 Å². The van der Waals surface area contributed by atoms with Gasteiger partial charge in [0, 0.05) is 11.7 Å². The molecule has 1 saturated heterocycles. The highest BCUT2D eigenvalue weighted by molar-refractivity contribution is 7.08. The summed E-state index contributed by atoms with van der Waals surface area (Å²) in [5.41, 5.74) is 1.90. The molecule has 29 heavy (non-hydrogen) atoms. The van der Waals surface area contributed by atoms with Crippen LogP contribution in [0.3, 0.4) is 0 Å². The predicted molar refractivity (Wildman–Crippen MR) is 110 cm³/mol. The number of benzene rings is 1. The second kappa shape index (κ2) is 9.19. The van der Waals surface area contributed by atoms with E-state index in [0.717, 1.165) is 19.4 Å². The SMILES string of the molecule is COC(=O)c1cc(NC(=O)[C@H](C)N2CCC[C@@H]2c2ccsc2)cc(C(=O)OC)c1. The van der Waals surface area contributed by atoms with Crippen LogP contribution >= 0.6 is 11.3 Å². The average molecular weight is 416 g/mol. The number of carbonyl (C=O) groups is 3. The van der Waals surface area contributed by atoms with Crippen LogP contribution in [0.4, 0.5) is 5.69 Å². The number of likely N-dealkylation sites (tertiary alicyclic amines) is 1. The lowest BCUT2D eigenvalue weighted by Crippen LogP contribution is -2.41. The van der Waals surface area contributed by atoms with Crippen molar-refractivity contribution in [2.75, 3.05) is 26.1 Å². The van der Waals surface area contributed by atoms with Gasteiger partial charge in [0.05, 0.1) is 31.4 Å². The highest BCUT2D eigenvalue weighted by atomic mass is 32.1. The number of ether oxygens (including phenoxy) is 2. The van der Waals surface area contributed by atoms with Crippen LogP contribution in [0.5, 0.6) is 0 Å². The molecular formula is C21H24N2O5S. The third kappa shape index (κ3) is 4.65. The van der Waals surface area contributed by atoms with Crippen LogP contribution in [0.15, 0.2) is 35.0 Å². The van der Waals surface area contributed by atoms with E-state index in [-0.39, 0.29) is 29.1 Å². The Morgan fingerprint density at radius 3 is 2.34 bits per heavy atom. The molecule has 0 bridgehead atoms. The summed E-state index contributed by atoms with van der Waals surface area (Å²) in [6.45, 7) is 2.70. The summed E-state index contributed by atoms with van der Waals surface area (Å²) in [5, 5.41) is 7.00. The van der Waals surface area contributed by atoms with Gasteiger partial charge in [-0.25, -0.2) is 9.59 Å². The summed E-state index contributed by atoms with van der Waals surface area (Å²) < 4.78 is 9.48. The molecule has 0 saturated carbocycles. The van der Waals surface area contributed by atoms with Crippen molar-refractivity contribution < 1.29 is 23.9 Å². The fourth-order valence-corrected chi connectivity index (χ4v) is 4.35. The third-order valence-electron chi connectivity index (χ3n) is 5.14. The van der Waals surface area contributed by atoms with Gasteiger partial charge in [-0.1, -0.05) is 0 Å². The minimum atomic E-state index is -0.601. The van der Waals surface area contributed by atoms with Crippen LogP contribution in [0.1, 0.15) is 52.1 Å². The molecule has 1 aromatic carbocycles. The minimum absolute atomic E-state index is 0.163. The molecule has 154 valence electrons. The standard InChI is InChI=1S/C21H24N2O5S/c1-13(23-7-4-5-18(23)14-6-8-29-12-14)19(24)22-17-10-15(20(25)27-2)9-16(11-17)21(26)28-3/h6,8-13,18H,4-5,7H2,1-3H3,(H,22,24)/t13-,18+/m0/s1. The summed E-state index contributed by atoms with van der Waals surface area (Å²) in [7, 11) is 2.51. The molecule has 0 radical (unpaired) electrons. The molecule has 1 fully saturated rings. The summed E-state index contributed by atoms with van der Waals surface area (Å²) in [6, 6.07) is 6.30. The Morgan fingerprint density at radius 1 is 1.14 bits per heavy atom. The summed E-state index contributed by atoms with van der Waals surface area (Å²) in [5.74, 6) is -1.40. The van der Waals surface area contributed by atoms with Crippen molar-refractivity contribution >= 4 is 34.9 Å². The van der Waals surface area contributed by atoms with Crippen molar-refractivity contribution in [3.63, 3.8) is 0 Å². The van der Waals surface area contributed by atoms with E-state index in [1.54, 1.807) is 11.3 Å². The van der Waals surface area contributed by atoms with E-state index in [0.29, 0.717) is 5.69 Å². The van der Waals surface area contributed by atoms with E-state index < -0.39 is 11.9 Å². The highest BCUT2D eigenvalue weighted by Gasteiger charge is 2.33. The number of thiophene rings is 1. The van der Waals surface area contributed by atoms with Crippen molar-refractivity contribution in [3.05, 3.63) is 51.7 Å². The van der Waals surface area contributed by atoms with E-state index in [1.807, 2.05) is 12.3 Å². The van der Waals surface area contributed by atoms with Gasteiger partial charge in [-0.3, -0.25) is 9.69 Å². The molecule has 8 heteroatoms. The lowest BCUT2D eigenvalue weighted by Gasteiger charge is -2.29. The first-order valence-electron chi connectivity index (χ1n) is 9.35. The van der Waals surface area contributed by atoms with Gasteiger partial charge in [0.1, 0.15) is 0 Å². The first kappa shape index (κ1) is 21.0. The molecule has 3 rings (SSSR count). The smallest absolute Gasteiger partial charge is 0.337 e. The predicted octanol–water partition coefficient (Wildman–Crippen LogP) is 3.49. The molecule has 2 aromatic rings. The lowest BCUT2D eigenvalue weighted by molar-refractivity contribution is -0.121. The van der Waals surface area contributed by atoms with E-state index in [2.05, 4.69) is 21.7 Å². The van der Waals surface area contributed by atoms with Gasteiger partial charge in [0.15, 0.2) is 0 Å². The Hall–Kier alpha value is -2.71. The normalized spacial score (nSPS) is 17.6. The maximum atomic E-state index is 12.9. The maximum Gasteiger partial charge on any atom is 0.337 e. The molecule has 1 aliphatic rings. The topological polar surface area (TPSA) is 84.9 Å². The second-order valence-corrected chi connectivity index (χ2v) is 7.68. The van der Waals surface area contributed by atoms with Crippen molar-refractivity contribution in [1.29, 1.82) is 0 Å². The highest BCUT2D eigenvalue weighted by Crippen LogP contribution is 2.34. The van der Waals surface area contributed by atoms with Crippen molar-refractivity contribution in [2.24, 2.45) is 0 Å². The molecule has 1 aliphatic heterocycles. The van der Waals surface area contributed by atoms with Gasteiger partial charge in [-0.15, -0.1) is 0 Å². The van der Waals surface area contributed by atoms with Gasteiger partial charge in [0.2, 0.25) is 5.91 Å². The Labute approximate surface area is 173 Å². The molecule has 1 aromatic heterocycles.